The highest BCUT2D eigenvalue weighted by molar-refractivity contribution is 7.14. The number of anilines is 1. The van der Waals surface area contributed by atoms with Crippen molar-refractivity contribution in [2.75, 3.05) is 51.6 Å². The molecule has 1 saturated heterocycles. The molecule has 8 nitrogen and oxygen atoms in total. The number of hydrogen-bond donors (Lipinski definition) is 2. The predicted molar refractivity (Wildman–Crippen MR) is 104 cm³/mol. The smallest absolute Gasteiger partial charge is 0.258 e. The molecule has 0 unspecified atom stereocenters. The van der Waals surface area contributed by atoms with Crippen LogP contribution >= 0.6 is 11.3 Å². The second-order valence-electron chi connectivity index (χ2n) is 6.40. The molecule has 2 N–H and O–H groups in total. The number of piperazine rings is 1. The second-order valence-corrected chi connectivity index (χ2v) is 7.26. The summed E-state index contributed by atoms with van der Waals surface area (Å²) in [6.07, 6.45) is 3.02. The quantitative estimate of drug-likeness (QED) is 0.694. The van der Waals surface area contributed by atoms with Gasteiger partial charge in [0.15, 0.2) is 5.13 Å². The summed E-state index contributed by atoms with van der Waals surface area (Å²) in [6.45, 7) is 6.34. The van der Waals surface area contributed by atoms with E-state index in [1.807, 2.05) is 5.38 Å². The van der Waals surface area contributed by atoms with Gasteiger partial charge in [0, 0.05) is 50.8 Å². The Bertz CT molecular complexity index is 945. The SMILES string of the molecule is CN1CCN(CCNc2nc(-c3nccc4c(=O)[nH]cnc34)cs2)CC1. The maximum absolute atomic E-state index is 11.9. The van der Waals surface area contributed by atoms with E-state index in [4.69, 9.17) is 0 Å². The zero-order valence-electron chi connectivity index (χ0n) is 14.6. The summed E-state index contributed by atoms with van der Waals surface area (Å²) in [5, 5.41) is 6.72. The van der Waals surface area contributed by atoms with Gasteiger partial charge in [-0.05, 0) is 13.1 Å². The zero-order chi connectivity index (χ0) is 17.9. The van der Waals surface area contributed by atoms with E-state index in [0.717, 1.165) is 50.1 Å². The number of aromatic amines is 1. The Morgan fingerprint density at radius 1 is 1.27 bits per heavy atom. The molecule has 0 aromatic carbocycles. The average Bonchev–Trinajstić information content (AvgIpc) is 3.12. The summed E-state index contributed by atoms with van der Waals surface area (Å²) in [5.41, 5.74) is 1.78. The van der Waals surface area contributed by atoms with Crippen LogP contribution in [0, 0.1) is 0 Å². The van der Waals surface area contributed by atoms with Gasteiger partial charge in [-0.25, -0.2) is 9.97 Å². The van der Waals surface area contributed by atoms with Crippen LogP contribution in [0.2, 0.25) is 0 Å². The number of rotatable bonds is 5. The first kappa shape index (κ1) is 17.1. The van der Waals surface area contributed by atoms with Crippen LogP contribution in [0.15, 0.2) is 28.8 Å². The van der Waals surface area contributed by atoms with Gasteiger partial charge in [-0.1, -0.05) is 0 Å². The fourth-order valence-electron chi connectivity index (χ4n) is 3.04. The molecule has 9 heteroatoms. The molecule has 3 aromatic rings. The number of H-pyrrole nitrogens is 1. The lowest BCUT2D eigenvalue weighted by Gasteiger charge is -2.32. The fourth-order valence-corrected chi connectivity index (χ4v) is 3.77. The first-order chi connectivity index (χ1) is 12.7. The van der Waals surface area contributed by atoms with Crippen molar-refractivity contribution >= 4 is 27.4 Å². The van der Waals surface area contributed by atoms with Crippen LogP contribution in [-0.4, -0.2) is 76.1 Å². The largest absolute Gasteiger partial charge is 0.360 e. The highest BCUT2D eigenvalue weighted by Crippen LogP contribution is 2.26. The number of fused-ring (bicyclic) bond motifs is 1. The van der Waals surface area contributed by atoms with E-state index in [1.165, 1.54) is 6.33 Å². The van der Waals surface area contributed by atoms with Gasteiger partial charge in [0.25, 0.3) is 5.56 Å². The van der Waals surface area contributed by atoms with Gasteiger partial charge in [-0.3, -0.25) is 14.7 Å². The third-order valence-corrected chi connectivity index (χ3v) is 5.41. The molecule has 1 aliphatic heterocycles. The second kappa shape index (κ2) is 7.48. The van der Waals surface area contributed by atoms with E-state index < -0.39 is 0 Å². The lowest BCUT2D eigenvalue weighted by molar-refractivity contribution is 0.158. The maximum Gasteiger partial charge on any atom is 0.258 e. The number of nitrogens with zero attached hydrogens (tertiary/aromatic N) is 5. The van der Waals surface area contributed by atoms with Crippen LogP contribution in [0.25, 0.3) is 22.3 Å². The molecule has 0 saturated carbocycles. The lowest BCUT2D eigenvalue weighted by Crippen LogP contribution is -2.45. The van der Waals surface area contributed by atoms with E-state index in [-0.39, 0.29) is 5.56 Å². The monoisotopic (exact) mass is 371 g/mol. The van der Waals surface area contributed by atoms with Gasteiger partial charge in [-0.15, -0.1) is 11.3 Å². The Balaban J connectivity index is 1.44. The molecule has 4 heterocycles. The van der Waals surface area contributed by atoms with Crippen LogP contribution in [-0.2, 0) is 0 Å². The molecular formula is C17H21N7OS. The maximum atomic E-state index is 11.9. The van der Waals surface area contributed by atoms with Crippen molar-refractivity contribution in [2.45, 2.75) is 0 Å². The highest BCUT2D eigenvalue weighted by Gasteiger charge is 2.14. The number of nitrogens with one attached hydrogen (secondary N) is 2. The van der Waals surface area contributed by atoms with E-state index in [1.54, 1.807) is 23.6 Å². The van der Waals surface area contributed by atoms with Crippen molar-refractivity contribution in [3.8, 4) is 11.4 Å². The normalized spacial score (nSPS) is 16.2. The van der Waals surface area contributed by atoms with Crippen molar-refractivity contribution in [1.82, 2.24) is 29.7 Å². The van der Waals surface area contributed by atoms with Crippen LogP contribution in [0.3, 0.4) is 0 Å². The van der Waals surface area contributed by atoms with Gasteiger partial charge in [0.05, 0.1) is 11.7 Å². The Hall–Kier alpha value is -2.36. The minimum absolute atomic E-state index is 0.167. The molecule has 0 atom stereocenters. The molecular weight excluding hydrogens is 350 g/mol. The minimum atomic E-state index is -0.167. The standard InChI is InChI=1S/C17H21N7OS/c1-23-6-8-24(9-7-23)5-4-19-17-22-13(10-26-17)15-14-12(2-3-18-15)16(25)21-11-20-14/h2-3,10-11H,4-9H2,1H3,(H,19,22)(H,20,21,25). The molecule has 0 amide bonds. The third kappa shape index (κ3) is 3.59. The Morgan fingerprint density at radius 2 is 2.12 bits per heavy atom. The molecule has 0 aliphatic carbocycles. The molecule has 0 spiro atoms. The summed E-state index contributed by atoms with van der Waals surface area (Å²) in [6, 6.07) is 1.67. The van der Waals surface area contributed by atoms with Crippen molar-refractivity contribution in [3.63, 3.8) is 0 Å². The van der Waals surface area contributed by atoms with E-state index in [9.17, 15) is 4.79 Å². The van der Waals surface area contributed by atoms with Crippen molar-refractivity contribution < 1.29 is 0 Å². The van der Waals surface area contributed by atoms with Crippen molar-refractivity contribution in [3.05, 3.63) is 34.3 Å². The summed E-state index contributed by atoms with van der Waals surface area (Å²) in [7, 11) is 2.16. The molecule has 0 radical (unpaired) electrons. The van der Waals surface area contributed by atoms with E-state index >= 15 is 0 Å². The first-order valence-corrected chi connectivity index (χ1v) is 9.52. The van der Waals surface area contributed by atoms with Gasteiger partial charge in [0.1, 0.15) is 16.9 Å². The van der Waals surface area contributed by atoms with E-state index in [0.29, 0.717) is 16.6 Å². The summed E-state index contributed by atoms with van der Waals surface area (Å²) >= 11 is 1.54. The summed E-state index contributed by atoms with van der Waals surface area (Å²) < 4.78 is 0. The van der Waals surface area contributed by atoms with Crippen LogP contribution in [0.4, 0.5) is 5.13 Å². The Morgan fingerprint density at radius 3 is 2.96 bits per heavy atom. The molecule has 3 aromatic heterocycles. The molecule has 0 bridgehead atoms. The minimum Gasteiger partial charge on any atom is -0.360 e. The van der Waals surface area contributed by atoms with Crippen LogP contribution in [0.1, 0.15) is 0 Å². The topological polar surface area (TPSA) is 90.0 Å². The first-order valence-electron chi connectivity index (χ1n) is 8.64. The zero-order valence-corrected chi connectivity index (χ0v) is 15.4. The Kier molecular flexibility index (Phi) is 4.91. The van der Waals surface area contributed by atoms with Gasteiger partial charge >= 0.3 is 0 Å². The fraction of sp³-hybridized carbons (Fsp3) is 0.412. The molecule has 1 aliphatic rings. The average molecular weight is 371 g/mol. The van der Waals surface area contributed by atoms with Gasteiger partial charge < -0.3 is 15.2 Å². The van der Waals surface area contributed by atoms with Gasteiger partial charge in [-0.2, -0.15) is 0 Å². The highest BCUT2D eigenvalue weighted by atomic mass is 32.1. The number of aromatic nitrogens is 4. The Labute approximate surface area is 154 Å². The number of likely N-dealkylation sites (N-methyl/N-ethyl adjacent to an activating group) is 1. The lowest BCUT2D eigenvalue weighted by atomic mass is 10.2. The van der Waals surface area contributed by atoms with E-state index in [2.05, 4.69) is 42.1 Å². The predicted octanol–water partition coefficient (Wildman–Crippen LogP) is 1.10. The molecule has 136 valence electrons. The molecule has 26 heavy (non-hydrogen) atoms. The molecule has 4 rings (SSSR count). The summed E-state index contributed by atoms with van der Waals surface area (Å²) in [5.74, 6) is 0. The van der Waals surface area contributed by atoms with Gasteiger partial charge in [0.2, 0.25) is 0 Å². The van der Waals surface area contributed by atoms with Crippen molar-refractivity contribution in [1.29, 1.82) is 0 Å². The van der Waals surface area contributed by atoms with Crippen LogP contribution < -0.4 is 10.9 Å². The number of hydrogen-bond acceptors (Lipinski definition) is 8. The summed E-state index contributed by atoms with van der Waals surface area (Å²) in [4.78, 5) is 32.6. The third-order valence-electron chi connectivity index (χ3n) is 4.61. The number of pyridine rings is 1. The molecule has 1 fully saturated rings. The van der Waals surface area contributed by atoms with Crippen molar-refractivity contribution in [2.24, 2.45) is 0 Å². The number of thiazole rings is 1. The van der Waals surface area contributed by atoms with Crippen LogP contribution in [0.5, 0.6) is 0 Å².